The lowest BCUT2D eigenvalue weighted by atomic mass is 10.0. The molecule has 0 radical (unpaired) electrons. The molecule has 0 aliphatic heterocycles. The fraction of sp³-hybridized carbons (Fsp3) is 0.500. The number of hydrogen-bond donors (Lipinski definition) is 0. The van der Waals surface area contributed by atoms with Crippen LogP contribution >= 0.6 is 0 Å². The molecular formula is C12H14. The molecule has 12 heavy (non-hydrogen) atoms. The predicted molar refractivity (Wildman–Crippen MR) is 50.5 cm³/mol. The van der Waals surface area contributed by atoms with Crippen molar-refractivity contribution in [1.82, 2.24) is 0 Å². The van der Waals surface area contributed by atoms with E-state index in [1.165, 1.54) is 38.5 Å². The molecule has 0 saturated carbocycles. The number of hydrogen-bond acceptors (Lipinski definition) is 0. The van der Waals surface area contributed by atoms with Crippen LogP contribution in [0.4, 0.5) is 0 Å². The maximum atomic E-state index is 2.48. The Hall–Kier alpha value is -0.780. The van der Waals surface area contributed by atoms with Gasteiger partial charge in [0.05, 0.1) is 0 Å². The minimum Gasteiger partial charge on any atom is -0.0553 e. The molecule has 0 spiro atoms. The lowest BCUT2D eigenvalue weighted by molar-refractivity contribution is 0.897. The highest BCUT2D eigenvalue weighted by molar-refractivity contribution is 5.42. The lowest BCUT2D eigenvalue weighted by Gasteiger charge is -2.03. The Bertz CT molecular complexity index is 263. The lowest BCUT2D eigenvalue weighted by Crippen LogP contribution is -1.88. The van der Waals surface area contributed by atoms with E-state index < -0.39 is 0 Å². The standard InChI is InChI=1S/C12H14/c1-3-9-7-11-5-2-6-12(11)8-10(9)4-1/h7-8H,1-6H2. The Balaban J connectivity index is 2.18. The molecule has 1 aromatic carbocycles. The molecule has 0 heterocycles. The van der Waals surface area contributed by atoms with Crippen molar-refractivity contribution in [3.8, 4) is 0 Å². The highest BCUT2D eigenvalue weighted by Gasteiger charge is 2.17. The van der Waals surface area contributed by atoms with Gasteiger partial charge in [-0.3, -0.25) is 0 Å². The van der Waals surface area contributed by atoms with Crippen LogP contribution in [0.25, 0.3) is 0 Å². The Labute approximate surface area is 73.6 Å². The van der Waals surface area contributed by atoms with Crippen molar-refractivity contribution in [3.05, 3.63) is 34.4 Å². The number of aryl methyl sites for hydroxylation is 4. The fourth-order valence-electron chi connectivity index (χ4n) is 2.66. The second-order valence-corrected chi connectivity index (χ2v) is 4.10. The average Bonchev–Trinajstić information content (AvgIpc) is 2.64. The van der Waals surface area contributed by atoms with Gasteiger partial charge in [0, 0.05) is 0 Å². The van der Waals surface area contributed by atoms with Crippen molar-refractivity contribution in [1.29, 1.82) is 0 Å². The van der Waals surface area contributed by atoms with E-state index >= 15 is 0 Å². The molecule has 0 saturated heterocycles. The summed E-state index contributed by atoms with van der Waals surface area (Å²) in [6, 6.07) is 4.95. The van der Waals surface area contributed by atoms with Crippen LogP contribution in [-0.4, -0.2) is 0 Å². The predicted octanol–water partition coefficient (Wildman–Crippen LogP) is 2.66. The Morgan fingerprint density at radius 3 is 1.25 bits per heavy atom. The van der Waals surface area contributed by atoms with E-state index in [9.17, 15) is 0 Å². The van der Waals surface area contributed by atoms with Gasteiger partial charge >= 0.3 is 0 Å². The normalized spacial score (nSPS) is 19.3. The van der Waals surface area contributed by atoms with E-state index in [0.717, 1.165) is 0 Å². The Morgan fingerprint density at radius 1 is 0.583 bits per heavy atom. The summed E-state index contributed by atoms with van der Waals surface area (Å²) < 4.78 is 0. The van der Waals surface area contributed by atoms with Crippen LogP contribution in [0.5, 0.6) is 0 Å². The summed E-state index contributed by atoms with van der Waals surface area (Å²) in [7, 11) is 0. The van der Waals surface area contributed by atoms with Crippen molar-refractivity contribution in [2.24, 2.45) is 0 Å². The summed E-state index contributed by atoms with van der Waals surface area (Å²) in [5.74, 6) is 0. The van der Waals surface area contributed by atoms with Crippen molar-refractivity contribution in [2.75, 3.05) is 0 Å². The summed E-state index contributed by atoms with van der Waals surface area (Å²) in [5, 5.41) is 0. The molecule has 0 N–H and O–H groups in total. The Morgan fingerprint density at radius 2 is 0.917 bits per heavy atom. The third-order valence-corrected chi connectivity index (χ3v) is 3.31. The monoisotopic (exact) mass is 158 g/mol. The van der Waals surface area contributed by atoms with Gasteiger partial charge in [-0.15, -0.1) is 0 Å². The third kappa shape index (κ3) is 0.841. The van der Waals surface area contributed by atoms with Gasteiger partial charge in [0.25, 0.3) is 0 Å². The molecule has 2 aliphatic carbocycles. The van der Waals surface area contributed by atoms with E-state index in [1.54, 1.807) is 22.3 Å². The van der Waals surface area contributed by atoms with Crippen molar-refractivity contribution in [2.45, 2.75) is 38.5 Å². The first-order valence-electron chi connectivity index (χ1n) is 5.07. The minimum absolute atomic E-state index is 1.34. The van der Waals surface area contributed by atoms with E-state index in [4.69, 9.17) is 0 Å². The zero-order valence-electron chi connectivity index (χ0n) is 7.40. The first-order valence-corrected chi connectivity index (χ1v) is 5.07. The van der Waals surface area contributed by atoms with E-state index in [-0.39, 0.29) is 0 Å². The van der Waals surface area contributed by atoms with Crippen molar-refractivity contribution >= 4 is 0 Å². The van der Waals surface area contributed by atoms with E-state index in [0.29, 0.717) is 0 Å². The molecular weight excluding hydrogens is 144 g/mol. The third-order valence-electron chi connectivity index (χ3n) is 3.31. The van der Waals surface area contributed by atoms with Crippen LogP contribution in [-0.2, 0) is 25.7 Å². The average molecular weight is 158 g/mol. The van der Waals surface area contributed by atoms with Gasteiger partial charge in [-0.2, -0.15) is 0 Å². The summed E-state index contributed by atoms with van der Waals surface area (Å²) in [5.41, 5.74) is 6.60. The maximum absolute atomic E-state index is 2.48. The van der Waals surface area contributed by atoms with Gasteiger partial charge in [-0.1, -0.05) is 12.1 Å². The largest absolute Gasteiger partial charge is 0.0553 e. The van der Waals surface area contributed by atoms with Crippen LogP contribution < -0.4 is 0 Å². The van der Waals surface area contributed by atoms with Gasteiger partial charge < -0.3 is 0 Å². The summed E-state index contributed by atoms with van der Waals surface area (Å²) >= 11 is 0. The van der Waals surface area contributed by atoms with Gasteiger partial charge in [-0.05, 0) is 60.8 Å². The van der Waals surface area contributed by atoms with E-state index in [1.807, 2.05) is 0 Å². The highest BCUT2D eigenvalue weighted by Crippen LogP contribution is 2.30. The first kappa shape index (κ1) is 6.71. The number of fused-ring (bicyclic) bond motifs is 2. The molecule has 0 amide bonds. The second kappa shape index (κ2) is 2.35. The topological polar surface area (TPSA) is 0 Å². The number of rotatable bonds is 0. The van der Waals surface area contributed by atoms with Gasteiger partial charge in [0.2, 0.25) is 0 Å². The zero-order chi connectivity index (χ0) is 7.97. The van der Waals surface area contributed by atoms with Crippen LogP contribution in [0.2, 0.25) is 0 Å². The molecule has 0 atom stereocenters. The fourth-order valence-corrected chi connectivity index (χ4v) is 2.66. The summed E-state index contributed by atoms with van der Waals surface area (Å²) in [6.07, 6.45) is 8.12. The van der Waals surface area contributed by atoms with Gasteiger partial charge in [-0.25, -0.2) is 0 Å². The smallest absolute Gasteiger partial charge is 0.0273 e. The summed E-state index contributed by atoms with van der Waals surface area (Å²) in [4.78, 5) is 0. The molecule has 1 aromatic rings. The Kier molecular flexibility index (Phi) is 1.31. The van der Waals surface area contributed by atoms with E-state index in [2.05, 4.69) is 12.1 Å². The maximum Gasteiger partial charge on any atom is -0.0273 e. The highest BCUT2D eigenvalue weighted by atomic mass is 14.2. The van der Waals surface area contributed by atoms with Crippen LogP contribution in [0.15, 0.2) is 12.1 Å². The second-order valence-electron chi connectivity index (χ2n) is 4.10. The molecule has 2 aliphatic rings. The van der Waals surface area contributed by atoms with Gasteiger partial charge in [0.1, 0.15) is 0 Å². The molecule has 0 heteroatoms. The minimum atomic E-state index is 1.34. The molecule has 0 nitrogen and oxygen atoms in total. The zero-order valence-corrected chi connectivity index (χ0v) is 7.40. The summed E-state index contributed by atoms with van der Waals surface area (Å²) in [6.45, 7) is 0. The molecule has 0 aromatic heterocycles. The first-order chi connectivity index (χ1) is 5.93. The molecule has 0 fully saturated rings. The van der Waals surface area contributed by atoms with Crippen molar-refractivity contribution in [3.63, 3.8) is 0 Å². The SMILES string of the molecule is c1c2c(cc3c1CCC3)CCC2. The quantitative estimate of drug-likeness (QED) is 0.544. The molecule has 0 unspecified atom stereocenters. The van der Waals surface area contributed by atoms with Crippen LogP contribution in [0.3, 0.4) is 0 Å². The van der Waals surface area contributed by atoms with Crippen LogP contribution in [0, 0.1) is 0 Å². The van der Waals surface area contributed by atoms with Crippen molar-refractivity contribution < 1.29 is 0 Å². The number of benzene rings is 1. The molecule has 3 rings (SSSR count). The van der Waals surface area contributed by atoms with Crippen LogP contribution in [0.1, 0.15) is 35.1 Å². The van der Waals surface area contributed by atoms with Gasteiger partial charge in [0.15, 0.2) is 0 Å². The molecule has 62 valence electrons. The molecule has 0 bridgehead atoms.